The summed E-state index contributed by atoms with van der Waals surface area (Å²) < 4.78 is 9.08. The summed E-state index contributed by atoms with van der Waals surface area (Å²) in [4.78, 5) is 12.4. The zero-order valence-corrected chi connectivity index (χ0v) is 15.3. The molecule has 3 aromatic rings. The number of hydrogen-bond donors (Lipinski definition) is 1. The largest absolute Gasteiger partial charge is 0.484 e. The Kier molecular flexibility index (Phi) is 4.57. The number of ether oxygens (including phenoxy) is 1. The van der Waals surface area contributed by atoms with Crippen LogP contribution in [-0.4, -0.2) is 42.5 Å². The average Bonchev–Trinajstić information content (AvgIpc) is 3.30. The Labute approximate surface area is 156 Å². The van der Waals surface area contributed by atoms with Crippen molar-refractivity contribution < 1.29 is 9.53 Å². The summed E-state index contributed by atoms with van der Waals surface area (Å²) in [5.41, 5.74) is 4.17. The van der Waals surface area contributed by atoms with Crippen molar-refractivity contribution in [3.05, 3.63) is 47.5 Å². The summed E-state index contributed by atoms with van der Waals surface area (Å²) >= 11 is 0. The minimum Gasteiger partial charge on any atom is -0.484 e. The normalized spacial score (nSPS) is 16.0. The smallest absolute Gasteiger partial charge is 0.258 e. The number of fused-ring (bicyclic) bond motifs is 1. The Morgan fingerprint density at radius 1 is 1.33 bits per heavy atom. The molecule has 9 heteroatoms. The van der Waals surface area contributed by atoms with Crippen LogP contribution < -0.4 is 10.1 Å². The van der Waals surface area contributed by atoms with Crippen LogP contribution >= 0.6 is 0 Å². The van der Waals surface area contributed by atoms with Crippen LogP contribution in [0.25, 0.3) is 5.69 Å². The molecule has 0 radical (unpaired) electrons. The van der Waals surface area contributed by atoms with Gasteiger partial charge in [0.25, 0.3) is 5.91 Å². The number of benzene rings is 1. The molecule has 0 aliphatic heterocycles. The molecule has 1 aliphatic rings. The molecular weight excluding hydrogens is 346 g/mol. The summed E-state index contributed by atoms with van der Waals surface area (Å²) in [5.74, 6) is 0.476. The van der Waals surface area contributed by atoms with E-state index < -0.39 is 0 Å². The first kappa shape index (κ1) is 17.2. The molecule has 0 fully saturated rings. The van der Waals surface area contributed by atoms with E-state index in [1.54, 1.807) is 16.8 Å². The van der Waals surface area contributed by atoms with Gasteiger partial charge < -0.3 is 10.1 Å². The van der Waals surface area contributed by atoms with E-state index in [4.69, 9.17) is 4.74 Å². The quantitative estimate of drug-likeness (QED) is 0.729. The molecule has 1 unspecified atom stereocenters. The van der Waals surface area contributed by atoms with Crippen LogP contribution in [0.15, 0.2) is 30.6 Å². The number of aromatic nitrogens is 6. The number of nitrogens with one attached hydrogen (secondary N) is 1. The summed E-state index contributed by atoms with van der Waals surface area (Å²) in [6.45, 7) is 1.96. The molecule has 1 amide bonds. The van der Waals surface area contributed by atoms with E-state index in [-0.39, 0.29) is 18.6 Å². The Bertz CT molecular complexity index is 932. The lowest BCUT2D eigenvalue weighted by Crippen LogP contribution is -2.34. The fourth-order valence-electron chi connectivity index (χ4n) is 3.59. The number of hydrogen-bond acceptors (Lipinski definition) is 6. The van der Waals surface area contributed by atoms with Gasteiger partial charge in [0.1, 0.15) is 12.1 Å². The second-order valence-corrected chi connectivity index (χ2v) is 6.62. The molecule has 2 heterocycles. The highest BCUT2D eigenvalue weighted by atomic mass is 16.5. The number of rotatable bonds is 5. The van der Waals surface area contributed by atoms with Crippen molar-refractivity contribution in [1.29, 1.82) is 0 Å². The van der Waals surface area contributed by atoms with Gasteiger partial charge in [0.15, 0.2) is 6.61 Å². The SMILES string of the molecule is Cc1nn(C)c2c1C(NC(=O)COc1ccc(-n3cnnn3)cc1)CCC2. The molecule has 1 aliphatic carbocycles. The Morgan fingerprint density at radius 3 is 2.89 bits per heavy atom. The third-order valence-electron chi connectivity index (χ3n) is 4.80. The molecule has 9 nitrogen and oxygen atoms in total. The number of tetrazole rings is 1. The predicted octanol–water partition coefficient (Wildman–Crippen LogP) is 1.28. The van der Waals surface area contributed by atoms with Crippen molar-refractivity contribution in [1.82, 2.24) is 35.3 Å². The summed E-state index contributed by atoms with van der Waals surface area (Å²) in [6.07, 6.45) is 4.48. The van der Waals surface area contributed by atoms with Crippen LogP contribution in [0.5, 0.6) is 5.75 Å². The lowest BCUT2D eigenvalue weighted by molar-refractivity contribution is -0.123. The standard InChI is InChI=1S/C18H21N7O2/c1-12-18-15(4-3-5-16(18)24(2)21-12)20-17(26)10-27-14-8-6-13(7-9-14)25-11-19-22-23-25/h6-9,11,15H,3-5,10H2,1-2H3,(H,20,26). The van der Waals surface area contributed by atoms with E-state index in [1.165, 1.54) is 12.0 Å². The number of amides is 1. The van der Waals surface area contributed by atoms with Gasteiger partial charge in [-0.3, -0.25) is 9.48 Å². The minimum absolute atomic E-state index is 0.000686. The molecule has 2 aromatic heterocycles. The Balaban J connectivity index is 1.36. The number of carbonyl (C=O) groups is 1. The maximum absolute atomic E-state index is 12.4. The molecular formula is C18H21N7O2. The third-order valence-corrected chi connectivity index (χ3v) is 4.80. The lowest BCUT2D eigenvalue weighted by Gasteiger charge is -2.24. The van der Waals surface area contributed by atoms with Crippen molar-refractivity contribution in [2.24, 2.45) is 7.05 Å². The summed E-state index contributed by atoms with van der Waals surface area (Å²) in [5, 5.41) is 18.6. The second kappa shape index (κ2) is 7.18. The highest BCUT2D eigenvalue weighted by Crippen LogP contribution is 2.31. The molecule has 1 atom stereocenters. The van der Waals surface area contributed by atoms with Gasteiger partial charge in [-0.15, -0.1) is 5.10 Å². The average molecular weight is 367 g/mol. The minimum atomic E-state index is -0.138. The highest BCUT2D eigenvalue weighted by Gasteiger charge is 2.27. The Morgan fingerprint density at radius 2 is 2.15 bits per heavy atom. The predicted molar refractivity (Wildman–Crippen MR) is 96.4 cm³/mol. The van der Waals surface area contributed by atoms with E-state index in [2.05, 4.69) is 25.9 Å². The number of carbonyl (C=O) groups excluding carboxylic acids is 1. The molecule has 1 N–H and O–H groups in total. The van der Waals surface area contributed by atoms with Gasteiger partial charge in [-0.25, -0.2) is 4.68 Å². The van der Waals surface area contributed by atoms with Gasteiger partial charge in [0.2, 0.25) is 0 Å². The molecule has 0 saturated carbocycles. The van der Waals surface area contributed by atoms with Gasteiger partial charge in [0, 0.05) is 18.3 Å². The van der Waals surface area contributed by atoms with Crippen LogP contribution in [0.1, 0.15) is 35.8 Å². The molecule has 0 bridgehead atoms. The highest BCUT2D eigenvalue weighted by molar-refractivity contribution is 5.78. The first-order valence-corrected chi connectivity index (χ1v) is 8.90. The van der Waals surface area contributed by atoms with Gasteiger partial charge in [0.05, 0.1) is 17.4 Å². The van der Waals surface area contributed by atoms with Crippen LogP contribution in [0.4, 0.5) is 0 Å². The van der Waals surface area contributed by atoms with Crippen molar-refractivity contribution >= 4 is 5.91 Å². The molecule has 140 valence electrons. The molecule has 0 saturated heterocycles. The summed E-state index contributed by atoms with van der Waals surface area (Å²) in [7, 11) is 1.96. The molecule has 4 rings (SSSR count). The van der Waals surface area contributed by atoms with E-state index >= 15 is 0 Å². The van der Waals surface area contributed by atoms with Crippen LogP contribution in [-0.2, 0) is 18.3 Å². The van der Waals surface area contributed by atoms with E-state index in [1.807, 2.05) is 30.8 Å². The molecule has 1 aromatic carbocycles. The number of nitrogens with zero attached hydrogens (tertiary/aromatic N) is 6. The van der Waals surface area contributed by atoms with E-state index in [0.717, 1.165) is 36.2 Å². The lowest BCUT2D eigenvalue weighted by atomic mass is 9.91. The van der Waals surface area contributed by atoms with Gasteiger partial charge in [-0.05, 0) is 60.9 Å². The first-order chi connectivity index (χ1) is 13.1. The molecule has 27 heavy (non-hydrogen) atoms. The van der Waals surface area contributed by atoms with E-state index in [0.29, 0.717) is 5.75 Å². The first-order valence-electron chi connectivity index (χ1n) is 8.90. The monoisotopic (exact) mass is 367 g/mol. The second-order valence-electron chi connectivity index (χ2n) is 6.62. The van der Waals surface area contributed by atoms with Crippen LogP contribution in [0.3, 0.4) is 0 Å². The maximum Gasteiger partial charge on any atom is 0.258 e. The summed E-state index contributed by atoms with van der Waals surface area (Å²) in [6, 6.07) is 7.23. The Hall–Kier alpha value is -3.23. The van der Waals surface area contributed by atoms with Crippen molar-refractivity contribution in [3.63, 3.8) is 0 Å². The van der Waals surface area contributed by atoms with Crippen LogP contribution in [0, 0.1) is 6.92 Å². The van der Waals surface area contributed by atoms with Gasteiger partial charge >= 0.3 is 0 Å². The third kappa shape index (κ3) is 3.53. The fourth-order valence-corrected chi connectivity index (χ4v) is 3.59. The van der Waals surface area contributed by atoms with Crippen LogP contribution in [0.2, 0.25) is 0 Å². The van der Waals surface area contributed by atoms with Gasteiger partial charge in [-0.2, -0.15) is 5.10 Å². The zero-order chi connectivity index (χ0) is 18.8. The van der Waals surface area contributed by atoms with Gasteiger partial charge in [-0.1, -0.05) is 0 Å². The maximum atomic E-state index is 12.4. The van der Waals surface area contributed by atoms with E-state index in [9.17, 15) is 4.79 Å². The fraction of sp³-hybridized carbons (Fsp3) is 0.389. The van der Waals surface area contributed by atoms with Crippen molar-refractivity contribution in [3.8, 4) is 11.4 Å². The van der Waals surface area contributed by atoms with Crippen molar-refractivity contribution in [2.75, 3.05) is 6.61 Å². The topological polar surface area (TPSA) is 99.8 Å². The number of aryl methyl sites for hydroxylation is 2. The molecule has 0 spiro atoms. The zero-order valence-electron chi connectivity index (χ0n) is 15.3. The van der Waals surface area contributed by atoms with Crippen molar-refractivity contribution in [2.45, 2.75) is 32.2 Å².